The highest BCUT2D eigenvalue weighted by Crippen LogP contribution is 2.42. The Kier molecular flexibility index (Phi) is 41.1. The molecule has 0 rings (SSSR count). The number of hydrogen-bond acceptors (Lipinski definition) is 7. The normalized spacial score (nSPS) is 14.0. The number of carbonyl (C=O) groups is 2. The second-order valence-electron chi connectivity index (χ2n) is 14.6. The number of aliphatic hydroxyl groups is 1. The van der Waals surface area contributed by atoms with E-state index in [-0.39, 0.29) is 32.1 Å². The fraction of sp³-hybridized carbons (Fsp3) is 0.702. The molecule has 0 saturated heterocycles. The van der Waals surface area contributed by atoms with Crippen LogP contribution >= 0.6 is 7.82 Å². The largest absolute Gasteiger partial charge is 0.472 e. The highest BCUT2D eigenvalue weighted by molar-refractivity contribution is 7.47. The van der Waals surface area contributed by atoms with Gasteiger partial charge in [-0.25, -0.2) is 4.57 Å². The molecule has 3 N–H and O–H groups in total. The Labute approximate surface area is 348 Å². The van der Waals surface area contributed by atoms with Crippen molar-refractivity contribution in [1.29, 1.82) is 0 Å². The monoisotopic (exact) mass is 820 g/mol. The average Bonchev–Trinajstić information content (AvgIpc) is 3.20. The van der Waals surface area contributed by atoms with Crippen LogP contribution in [0.15, 0.2) is 72.9 Å². The van der Waals surface area contributed by atoms with E-state index in [0.29, 0.717) is 6.42 Å². The maximum atomic E-state index is 12.1. The lowest BCUT2D eigenvalue weighted by Gasteiger charge is -2.15. The maximum absolute atomic E-state index is 12.1. The van der Waals surface area contributed by atoms with Crippen LogP contribution in [0.5, 0.6) is 0 Å². The summed E-state index contributed by atoms with van der Waals surface area (Å²) in [5, 5.41) is 12.7. The molecule has 0 fully saturated rings. The summed E-state index contributed by atoms with van der Waals surface area (Å²) >= 11 is 0. The lowest BCUT2D eigenvalue weighted by Crippen LogP contribution is -2.27. The van der Waals surface area contributed by atoms with Gasteiger partial charge in [0.2, 0.25) is 5.91 Å². The second kappa shape index (κ2) is 43.0. The molecule has 0 aromatic heterocycles. The van der Waals surface area contributed by atoms with Crippen molar-refractivity contribution in [2.24, 2.45) is 0 Å². The molecule has 2 unspecified atom stereocenters. The van der Waals surface area contributed by atoms with Gasteiger partial charge in [0.1, 0.15) is 12.7 Å². The van der Waals surface area contributed by atoms with Crippen molar-refractivity contribution in [2.75, 3.05) is 26.4 Å². The number of phosphoric acid groups is 1. The van der Waals surface area contributed by atoms with Gasteiger partial charge in [-0.3, -0.25) is 18.6 Å². The lowest BCUT2D eigenvalue weighted by atomic mass is 10.1. The molecule has 0 spiro atoms. The van der Waals surface area contributed by atoms with Gasteiger partial charge in [0.05, 0.1) is 13.2 Å². The number of aliphatic hydroxyl groups excluding tert-OH is 1. The van der Waals surface area contributed by atoms with Crippen molar-refractivity contribution >= 4 is 19.7 Å². The van der Waals surface area contributed by atoms with E-state index in [0.717, 1.165) is 96.3 Å². The third-order valence-electron chi connectivity index (χ3n) is 9.12. The summed E-state index contributed by atoms with van der Waals surface area (Å²) in [6, 6.07) is 0. The van der Waals surface area contributed by atoms with E-state index in [1.54, 1.807) is 0 Å². The van der Waals surface area contributed by atoms with Crippen molar-refractivity contribution in [3.05, 3.63) is 72.9 Å². The summed E-state index contributed by atoms with van der Waals surface area (Å²) in [5.41, 5.74) is 0. The number of nitrogens with one attached hydrogen (secondary N) is 1. The Bertz CT molecular complexity index is 1160. The van der Waals surface area contributed by atoms with Crippen molar-refractivity contribution in [1.82, 2.24) is 5.32 Å². The van der Waals surface area contributed by atoms with Gasteiger partial charge in [-0.15, -0.1) is 0 Å². The Hall–Kier alpha value is -2.55. The number of esters is 1. The van der Waals surface area contributed by atoms with Crippen LogP contribution in [0.2, 0.25) is 0 Å². The molecule has 2 atom stereocenters. The fourth-order valence-corrected chi connectivity index (χ4v) is 6.51. The lowest BCUT2D eigenvalue weighted by molar-refractivity contribution is -0.147. The van der Waals surface area contributed by atoms with Crippen LogP contribution in [0, 0.1) is 0 Å². The smallest absolute Gasteiger partial charge is 0.463 e. The Morgan fingerprint density at radius 2 is 1.00 bits per heavy atom. The second-order valence-corrected chi connectivity index (χ2v) is 16.1. The number of allylic oxidation sites excluding steroid dienone is 12. The van der Waals surface area contributed by atoms with E-state index < -0.39 is 26.5 Å². The summed E-state index contributed by atoms with van der Waals surface area (Å²) in [6.45, 7) is 3.38. The molecule has 0 aromatic rings. The van der Waals surface area contributed by atoms with Crippen LogP contribution in [0.25, 0.3) is 0 Å². The molecular weight excluding hydrogens is 737 g/mol. The summed E-state index contributed by atoms with van der Waals surface area (Å²) in [6.07, 6.45) is 52.5. The fourth-order valence-electron chi connectivity index (χ4n) is 5.75. The van der Waals surface area contributed by atoms with E-state index in [1.165, 1.54) is 57.8 Å². The molecule has 1 amide bonds. The number of carbonyl (C=O) groups excluding carboxylic acids is 2. The van der Waals surface area contributed by atoms with E-state index >= 15 is 0 Å². The zero-order valence-corrected chi connectivity index (χ0v) is 36.9. The summed E-state index contributed by atoms with van der Waals surface area (Å²) in [7, 11) is -4.43. The van der Waals surface area contributed by atoms with Gasteiger partial charge in [-0.05, 0) is 83.5 Å². The van der Waals surface area contributed by atoms with Crippen LogP contribution in [-0.2, 0) is 27.9 Å². The van der Waals surface area contributed by atoms with Crippen LogP contribution in [0.4, 0.5) is 0 Å². The van der Waals surface area contributed by atoms with Gasteiger partial charge in [0, 0.05) is 19.4 Å². The first-order valence-electron chi connectivity index (χ1n) is 22.4. The average molecular weight is 820 g/mol. The third-order valence-corrected chi connectivity index (χ3v) is 10.1. The van der Waals surface area contributed by atoms with Crippen LogP contribution in [-0.4, -0.2) is 54.3 Å². The van der Waals surface area contributed by atoms with Crippen LogP contribution in [0.1, 0.15) is 181 Å². The quantitative estimate of drug-likeness (QED) is 0.0240. The number of phosphoric ester groups is 1. The van der Waals surface area contributed by atoms with Gasteiger partial charge in [-0.1, -0.05) is 157 Å². The molecular formula is C47H82NO8P. The zero-order valence-electron chi connectivity index (χ0n) is 36.0. The number of unbranched alkanes of at least 4 members (excludes halogenated alkanes) is 16. The topological polar surface area (TPSA) is 131 Å². The van der Waals surface area contributed by atoms with Crippen molar-refractivity contribution in [3.63, 3.8) is 0 Å². The van der Waals surface area contributed by atoms with Crippen molar-refractivity contribution in [2.45, 2.75) is 187 Å². The van der Waals surface area contributed by atoms with Gasteiger partial charge in [-0.2, -0.15) is 0 Å². The molecule has 328 valence electrons. The van der Waals surface area contributed by atoms with Crippen molar-refractivity contribution < 1.29 is 37.9 Å². The highest BCUT2D eigenvalue weighted by Gasteiger charge is 2.23. The molecule has 0 heterocycles. The predicted molar refractivity (Wildman–Crippen MR) is 238 cm³/mol. The van der Waals surface area contributed by atoms with E-state index in [9.17, 15) is 24.2 Å². The molecule has 9 nitrogen and oxygen atoms in total. The summed E-state index contributed by atoms with van der Waals surface area (Å²) in [4.78, 5) is 33.9. The number of rotatable bonds is 41. The molecule has 0 aliphatic rings. The van der Waals surface area contributed by atoms with E-state index in [4.69, 9.17) is 13.8 Å². The van der Waals surface area contributed by atoms with Gasteiger partial charge >= 0.3 is 13.8 Å². The number of amides is 1. The minimum absolute atomic E-state index is 0.0696. The highest BCUT2D eigenvalue weighted by atomic mass is 31.2. The van der Waals surface area contributed by atoms with Gasteiger partial charge < -0.3 is 20.1 Å². The molecule has 0 saturated carbocycles. The minimum atomic E-state index is -4.43. The molecule has 0 bridgehead atoms. The summed E-state index contributed by atoms with van der Waals surface area (Å²) < 4.78 is 26.9. The Morgan fingerprint density at radius 3 is 1.51 bits per heavy atom. The molecule has 0 aromatic carbocycles. The number of hydrogen-bond donors (Lipinski definition) is 3. The number of ether oxygens (including phenoxy) is 1. The van der Waals surface area contributed by atoms with Crippen LogP contribution < -0.4 is 5.32 Å². The summed E-state index contributed by atoms with van der Waals surface area (Å²) in [5.74, 6) is -0.543. The minimum Gasteiger partial charge on any atom is -0.463 e. The van der Waals surface area contributed by atoms with Crippen LogP contribution in [0.3, 0.4) is 0 Å². The standard InChI is InChI=1S/C47H82NO8P/c1-3-5-7-9-11-13-15-17-19-21-22-24-25-27-29-31-33-35-37-39-46(50)48-41-42-55-57(52,53)56-44-45(49)43-54-47(51)40-38-36-34-32-30-28-26-23-20-18-16-14-12-10-8-6-4-2/h6,8,11-14,17-20,22,24,45,49H,3-5,7,9-10,15-16,21,23,25-44H2,1-2H3,(H,48,50)(H,52,53)/b8-6-,13-11-,14-12-,19-17-,20-18-,24-22-. The zero-order chi connectivity index (χ0) is 41.8. The first-order chi connectivity index (χ1) is 27.8. The Balaban J connectivity index is 3.64. The molecule has 0 aliphatic heterocycles. The predicted octanol–water partition coefficient (Wildman–Crippen LogP) is 12.7. The third kappa shape index (κ3) is 44.4. The molecule has 0 aliphatic carbocycles. The van der Waals surface area contributed by atoms with Gasteiger partial charge in [0.25, 0.3) is 0 Å². The van der Waals surface area contributed by atoms with E-state index in [2.05, 4.69) is 92.1 Å². The van der Waals surface area contributed by atoms with Gasteiger partial charge in [0.15, 0.2) is 0 Å². The first-order valence-corrected chi connectivity index (χ1v) is 23.9. The maximum Gasteiger partial charge on any atom is 0.472 e. The van der Waals surface area contributed by atoms with E-state index in [1.807, 2.05) is 0 Å². The Morgan fingerprint density at radius 1 is 0.561 bits per heavy atom. The molecule has 57 heavy (non-hydrogen) atoms. The van der Waals surface area contributed by atoms with Crippen molar-refractivity contribution in [3.8, 4) is 0 Å². The molecule has 10 heteroatoms. The first kappa shape index (κ1) is 54.5. The SMILES string of the molecule is CC/C=C\C/C=C\C/C=C\CCCCCCCCCC(=O)OCC(O)COP(=O)(O)OCCNC(=O)CCCCCCCC/C=C\C/C=C\C/C=C\CCCCC. The molecule has 0 radical (unpaired) electrons.